The van der Waals surface area contributed by atoms with Crippen LogP contribution in [0, 0.1) is 5.92 Å². The average Bonchev–Trinajstić information content (AvgIpc) is 2.31. The number of piperidine rings is 1. The molecule has 1 aliphatic heterocycles. The van der Waals surface area contributed by atoms with Crippen LogP contribution in [0.2, 0.25) is 5.02 Å². The molecule has 1 unspecified atom stereocenters. The highest BCUT2D eigenvalue weighted by molar-refractivity contribution is 6.31. The Morgan fingerprint density at radius 3 is 3.00 bits per heavy atom. The van der Waals surface area contributed by atoms with Crippen LogP contribution in [-0.2, 0) is 13.1 Å². The van der Waals surface area contributed by atoms with Crippen LogP contribution >= 0.6 is 11.6 Å². The van der Waals surface area contributed by atoms with Gasteiger partial charge >= 0.3 is 0 Å². The minimum Gasteiger partial charge on any atom is -0.316 e. The summed E-state index contributed by atoms with van der Waals surface area (Å²) in [5, 5.41) is 3.94. The number of benzene rings is 1. The van der Waals surface area contributed by atoms with Gasteiger partial charge in [-0.15, -0.1) is 0 Å². The minimum absolute atomic E-state index is 0.463. The highest BCUT2D eigenvalue weighted by Gasteiger charge is 2.16. The highest BCUT2D eigenvalue weighted by Crippen LogP contribution is 2.25. The first-order valence-corrected chi connectivity index (χ1v) is 6.22. The van der Waals surface area contributed by atoms with E-state index < -0.39 is 6.67 Å². The predicted octanol–water partition coefficient (Wildman–Crippen LogP) is 3.35. The van der Waals surface area contributed by atoms with Crippen molar-refractivity contribution >= 4 is 11.6 Å². The van der Waals surface area contributed by atoms with E-state index in [1.165, 1.54) is 12.8 Å². The Kier molecular flexibility index (Phi) is 4.19. The lowest BCUT2D eigenvalue weighted by Crippen LogP contribution is -2.31. The molecule has 0 spiro atoms. The van der Waals surface area contributed by atoms with Crippen LogP contribution in [0.3, 0.4) is 0 Å². The van der Waals surface area contributed by atoms with Gasteiger partial charge in [-0.05, 0) is 49.9 Å². The van der Waals surface area contributed by atoms with E-state index in [2.05, 4.69) is 5.32 Å². The third-order valence-electron chi connectivity index (χ3n) is 3.26. The maximum absolute atomic E-state index is 12.9. The molecule has 1 aliphatic rings. The van der Waals surface area contributed by atoms with E-state index in [-0.39, 0.29) is 0 Å². The van der Waals surface area contributed by atoms with E-state index in [1.54, 1.807) is 6.07 Å². The lowest BCUT2D eigenvalue weighted by molar-refractivity contribution is 0.373. The van der Waals surface area contributed by atoms with E-state index in [0.29, 0.717) is 16.5 Å². The molecule has 0 aliphatic carbocycles. The Labute approximate surface area is 101 Å². The van der Waals surface area contributed by atoms with Crippen LogP contribution in [-0.4, -0.2) is 13.1 Å². The molecule has 16 heavy (non-hydrogen) atoms. The molecule has 1 nitrogen and oxygen atoms in total. The molecule has 1 aromatic carbocycles. The van der Waals surface area contributed by atoms with Crippen molar-refractivity contribution in [2.45, 2.75) is 25.9 Å². The molecule has 0 bridgehead atoms. The minimum atomic E-state index is -0.463. The van der Waals surface area contributed by atoms with Crippen molar-refractivity contribution in [3.8, 4) is 0 Å². The Bertz CT molecular complexity index is 348. The Morgan fingerprint density at radius 2 is 2.31 bits per heavy atom. The Balaban J connectivity index is 2.10. The zero-order valence-electron chi connectivity index (χ0n) is 9.31. The molecule has 0 aromatic heterocycles. The van der Waals surface area contributed by atoms with Gasteiger partial charge in [0, 0.05) is 10.6 Å². The van der Waals surface area contributed by atoms with Crippen LogP contribution < -0.4 is 5.32 Å². The van der Waals surface area contributed by atoms with E-state index in [9.17, 15) is 4.39 Å². The molecule has 1 heterocycles. The topological polar surface area (TPSA) is 12.0 Å². The number of rotatable bonds is 3. The second-order valence-corrected chi connectivity index (χ2v) is 4.83. The summed E-state index contributed by atoms with van der Waals surface area (Å²) in [6.45, 7) is 1.69. The van der Waals surface area contributed by atoms with Crippen molar-refractivity contribution in [1.82, 2.24) is 5.32 Å². The van der Waals surface area contributed by atoms with Crippen molar-refractivity contribution < 1.29 is 4.39 Å². The third-order valence-corrected chi connectivity index (χ3v) is 3.61. The molecule has 3 heteroatoms. The summed E-state index contributed by atoms with van der Waals surface area (Å²) in [7, 11) is 0. The summed E-state index contributed by atoms with van der Waals surface area (Å²) in [6, 6.07) is 5.67. The normalized spacial score (nSPS) is 21.0. The Hall–Kier alpha value is -0.600. The van der Waals surface area contributed by atoms with Gasteiger partial charge in [-0.3, -0.25) is 0 Å². The summed E-state index contributed by atoms with van der Waals surface area (Å²) < 4.78 is 12.9. The molecule has 0 saturated carbocycles. The molecule has 1 fully saturated rings. The molecule has 2 rings (SSSR count). The van der Waals surface area contributed by atoms with Gasteiger partial charge in [-0.1, -0.05) is 23.7 Å². The van der Waals surface area contributed by atoms with Gasteiger partial charge in [0.15, 0.2) is 0 Å². The van der Waals surface area contributed by atoms with Crippen LogP contribution in [0.25, 0.3) is 0 Å². The lowest BCUT2D eigenvalue weighted by atomic mass is 9.90. The predicted molar refractivity (Wildman–Crippen MR) is 65.6 cm³/mol. The number of hydrogen-bond acceptors (Lipinski definition) is 1. The van der Waals surface area contributed by atoms with Crippen molar-refractivity contribution in [2.75, 3.05) is 13.1 Å². The first kappa shape index (κ1) is 11.9. The first-order valence-electron chi connectivity index (χ1n) is 5.84. The first-order chi connectivity index (χ1) is 7.81. The lowest BCUT2D eigenvalue weighted by Gasteiger charge is -2.23. The van der Waals surface area contributed by atoms with Gasteiger partial charge in [0.1, 0.15) is 6.67 Å². The molecule has 0 radical (unpaired) electrons. The van der Waals surface area contributed by atoms with Crippen LogP contribution in [0.4, 0.5) is 4.39 Å². The largest absolute Gasteiger partial charge is 0.316 e. The monoisotopic (exact) mass is 241 g/mol. The second kappa shape index (κ2) is 5.65. The van der Waals surface area contributed by atoms with E-state index in [1.807, 2.05) is 12.1 Å². The molecule has 88 valence electrons. The zero-order chi connectivity index (χ0) is 11.4. The average molecular weight is 242 g/mol. The molecule has 1 N–H and O–H groups in total. The third kappa shape index (κ3) is 2.74. The molecule has 1 saturated heterocycles. The molecular weight excluding hydrogens is 225 g/mol. The zero-order valence-corrected chi connectivity index (χ0v) is 10.1. The molecular formula is C13H17ClFN. The van der Waals surface area contributed by atoms with Crippen molar-refractivity contribution in [3.63, 3.8) is 0 Å². The summed E-state index contributed by atoms with van der Waals surface area (Å²) in [4.78, 5) is 0. The number of halogens is 2. The maximum Gasteiger partial charge on any atom is 0.116 e. The fourth-order valence-electron chi connectivity index (χ4n) is 2.35. The van der Waals surface area contributed by atoms with Gasteiger partial charge < -0.3 is 5.32 Å². The number of nitrogens with one attached hydrogen (secondary N) is 1. The standard InChI is InChI=1S/C13H17ClFN/c14-13-5-1-4-11(12(13)8-15)7-10-3-2-6-16-9-10/h1,4-5,10,16H,2-3,6-9H2. The van der Waals surface area contributed by atoms with E-state index in [4.69, 9.17) is 11.6 Å². The molecule has 1 atom stereocenters. The van der Waals surface area contributed by atoms with E-state index in [0.717, 1.165) is 25.1 Å². The van der Waals surface area contributed by atoms with Crippen molar-refractivity contribution in [2.24, 2.45) is 5.92 Å². The highest BCUT2D eigenvalue weighted by atomic mass is 35.5. The summed E-state index contributed by atoms with van der Waals surface area (Å²) in [6.07, 6.45) is 3.38. The second-order valence-electron chi connectivity index (χ2n) is 4.43. The van der Waals surface area contributed by atoms with Crippen molar-refractivity contribution in [3.05, 3.63) is 34.3 Å². The summed E-state index contributed by atoms with van der Waals surface area (Å²) >= 11 is 5.99. The fraction of sp³-hybridized carbons (Fsp3) is 0.538. The van der Waals surface area contributed by atoms with Crippen LogP contribution in [0.5, 0.6) is 0 Å². The quantitative estimate of drug-likeness (QED) is 0.856. The van der Waals surface area contributed by atoms with Crippen LogP contribution in [0.15, 0.2) is 18.2 Å². The maximum atomic E-state index is 12.9. The van der Waals surface area contributed by atoms with Gasteiger partial charge in [0.25, 0.3) is 0 Å². The van der Waals surface area contributed by atoms with Crippen LogP contribution in [0.1, 0.15) is 24.0 Å². The molecule has 1 aromatic rings. The van der Waals surface area contributed by atoms with Gasteiger partial charge in [0.2, 0.25) is 0 Å². The molecule has 0 amide bonds. The van der Waals surface area contributed by atoms with Gasteiger partial charge in [-0.25, -0.2) is 4.39 Å². The smallest absolute Gasteiger partial charge is 0.116 e. The number of hydrogen-bond donors (Lipinski definition) is 1. The summed E-state index contributed by atoms with van der Waals surface area (Å²) in [5.74, 6) is 0.623. The van der Waals surface area contributed by atoms with Gasteiger partial charge in [-0.2, -0.15) is 0 Å². The van der Waals surface area contributed by atoms with Gasteiger partial charge in [0.05, 0.1) is 0 Å². The number of alkyl halides is 1. The summed E-state index contributed by atoms with van der Waals surface area (Å²) in [5.41, 5.74) is 1.75. The van der Waals surface area contributed by atoms with E-state index >= 15 is 0 Å². The fourth-order valence-corrected chi connectivity index (χ4v) is 2.60. The SMILES string of the molecule is FCc1c(Cl)cccc1CC1CCCNC1. The Morgan fingerprint density at radius 1 is 1.44 bits per heavy atom. The van der Waals surface area contributed by atoms with Crippen molar-refractivity contribution in [1.29, 1.82) is 0 Å².